The summed E-state index contributed by atoms with van der Waals surface area (Å²) in [5.41, 5.74) is 8.49. The third-order valence-electron chi connectivity index (χ3n) is 4.87. The Kier molecular flexibility index (Phi) is 5.22. The molecule has 142 valence electrons. The molecule has 1 aliphatic heterocycles. The molecule has 2 aliphatic rings. The molecule has 0 bridgehead atoms. The Morgan fingerprint density at radius 3 is 2.89 bits per heavy atom. The normalized spacial score (nSPS) is 20.2. The molecule has 27 heavy (non-hydrogen) atoms. The lowest BCUT2D eigenvalue weighted by molar-refractivity contribution is 0.303. The number of benzene rings is 1. The number of rotatable bonds is 5. The number of hydrogen-bond donors (Lipinski definition) is 2. The maximum absolute atomic E-state index is 11.8. The van der Waals surface area contributed by atoms with Crippen molar-refractivity contribution in [3.63, 3.8) is 0 Å². The van der Waals surface area contributed by atoms with Crippen LogP contribution < -0.4 is 15.4 Å². The van der Waals surface area contributed by atoms with E-state index >= 15 is 0 Å². The van der Waals surface area contributed by atoms with Gasteiger partial charge in [0.15, 0.2) is 0 Å². The minimum absolute atomic E-state index is 0.303. The van der Waals surface area contributed by atoms with Crippen LogP contribution in [0.1, 0.15) is 30.4 Å². The van der Waals surface area contributed by atoms with Gasteiger partial charge in [0.2, 0.25) is 0 Å². The van der Waals surface area contributed by atoms with E-state index in [1.54, 1.807) is 12.3 Å². The van der Waals surface area contributed by atoms with Crippen LogP contribution in [-0.4, -0.2) is 45.9 Å². The summed E-state index contributed by atoms with van der Waals surface area (Å²) in [5, 5.41) is 8.66. The fourth-order valence-electron chi connectivity index (χ4n) is 3.18. The zero-order valence-corrected chi connectivity index (χ0v) is 16.0. The number of nitrogens with two attached hydrogens (primary N) is 1. The summed E-state index contributed by atoms with van der Waals surface area (Å²) in [6, 6.07) is 9.26. The second-order valence-electron chi connectivity index (χ2n) is 7.03. The van der Waals surface area contributed by atoms with Crippen molar-refractivity contribution in [2.24, 2.45) is 0 Å². The van der Waals surface area contributed by atoms with Gasteiger partial charge in [-0.25, -0.2) is 4.98 Å². The van der Waals surface area contributed by atoms with E-state index < -0.39 is 11.2 Å². The van der Waals surface area contributed by atoms with E-state index in [1.165, 1.54) is 0 Å². The summed E-state index contributed by atoms with van der Waals surface area (Å²) in [5.74, 6) is 2.99. The first-order valence-electron chi connectivity index (χ1n) is 9.31. The smallest absolute Gasteiger partial charge is 0.129 e. The minimum atomic E-state index is -0.744. The van der Waals surface area contributed by atoms with Crippen LogP contribution in [0.5, 0.6) is 5.75 Å². The molecule has 4 rings (SSSR count). The van der Waals surface area contributed by atoms with Gasteiger partial charge in [-0.2, -0.15) is 0 Å². The molecule has 1 aromatic carbocycles. The van der Waals surface area contributed by atoms with Gasteiger partial charge in [0.05, 0.1) is 18.4 Å². The molecule has 1 saturated carbocycles. The topological polar surface area (TPSA) is 98.3 Å². The van der Waals surface area contributed by atoms with Gasteiger partial charge in [0.25, 0.3) is 0 Å². The third kappa shape index (κ3) is 4.36. The maximum Gasteiger partial charge on any atom is 0.129 e. The van der Waals surface area contributed by atoms with E-state index in [0.29, 0.717) is 28.8 Å². The van der Waals surface area contributed by atoms with Crippen LogP contribution >= 0.6 is 0 Å². The van der Waals surface area contributed by atoms with Crippen LogP contribution in [0.3, 0.4) is 0 Å². The largest absolute Gasteiger partial charge is 0.616 e. The molecule has 2 aromatic rings. The van der Waals surface area contributed by atoms with Crippen molar-refractivity contribution in [3.05, 3.63) is 47.7 Å². The Morgan fingerprint density at radius 2 is 2.07 bits per heavy atom. The molecule has 0 radical (unpaired) electrons. The quantitative estimate of drug-likeness (QED) is 0.469. The van der Waals surface area contributed by atoms with Gasteiger partial charge in [-0.1, -0.05) is 11.2 Å². The Balaban J connectivity index is 1.57. The van der Waals surface area contributed by atoms with Crippen molar-refractivity contribution >= 4 is 28.4 Å². The van der Waals surface area contributed by atoms with Crippen molar-refractivity contribution < 1.29 is 9.29 Å². The molecular formula is C20H24N4O2S. The standard InChI is InChI=1S/C20H24N4O2S/c21-18-5-4-16(26-15-2-3-15)13-17(18)20(22)14-6-7-23-19(12-14)24-8-1-10-27(25)11-9-24/h4-7,12-13,15,22H,1-3,8-11,21H2. The fraction of sp³-hybridized carbons (Fsp3) is 0.400. The Morgan fingerprint density at radius 1 is 1.22 bits per heavy atom. The van der Waals surface area contributed by atoms with Crippen molar-refractivity contribution in [2.45, 2.75) is 25.4 Å². The van der Waals surface area contributed by atoms with Crippen LogP contribution in [0.2, 0.25) is 0 Å². The van der Waals surface area contributed by atoms with E-state index in [0.717, 1.165) is 55.2 Å². The first kappa shape index (κ1) is 18.1. The molecule has 1 unspecified atom stereocenters. The van der Waals surface area contributed by atoms with Crippen molar-refractivity contribution in [2.75, 3.05) is 35.2 Å². The first-order valence-corrected chi connectivity index (χ1v) is 10.8. The molecule has 1 aliphatic carbocycles. The fourth-order valence-corrected chi connectivity index (χ4v) is 4.26. The monoisotopic (exact) mass is 384 g/mol. The van der Waals surface area contributed by atoms with E-state index in [1.807, 2.05) is 24.3 Å². The molecule has 0 spiro atoms. The number of nitrogens with zero attached hydrogens (tertiary/aromatic N) is 2. The van der Waals surface area contributed by atoms with E-state index in [4.69, 9.17) is 15.9 Å². The van der Waals surface area contributed by atoms with Gasteiger partial charge in [0, 0.05) is 36.0 Å². The van der Waals surface area contributed by atoms with Crippen LogP contribution in [0.4, 0.5) is 11.5 Å². The summed E-state index contributed by atoms with van der Waals surface area (Å²) in [7, 11) is 0. The lowest BCUT2D eigenvalue weighted by atomic mass is 10.0. The number of nitrogens with one attached hydrogen (secondary N) is 1. The number of anilines is 2. The molecular weight excluding hydrogens is 360 g/mol. The summed E-state index contributed by atoms with van der Waals surface area (Å²) in [6.45, 7) is 1.56. The van der Waals surface area contributed by atoms with E-state index in [-0.39, 0.29) is 0 Å². The number of ether oxygens (including phenoxy) is 1. The van der Waals surface area contributed by atoms with Crippen molar-refractivity contribution in [3.8, 4) is 5.75 Å². The van der Waals surface area contributed by atoms with Crippen molar-refractivity contribution in [1.82, 2.24) is 4.98 Å². The van der Waals surface area contributed by atoms with Gasteiger partial charge in [-0.05, 0) is 43.2 Å². The zero-order valence-electron chi connectivity index (χ0n) is 15.2. The molecule has 2 heterocycles. The minimum Gasteiger partial charge on any atom is -0.616 e. The van der Waals surface area contributed by atoms with Gasteiger partial charge in [0.1, 0.15) is 23.1 Å². The number of hydrogen-bond acceptors (Lipinski definition) is 6. The predicted molar refractivity (Wildman–Crippen MR) is 109 cm³/mol. The average Bonchev–Trinajstić information content (AvgIpc) is 3.51. The average molecular weight is 385 g/mol. The zero-order chi connectivity index (χ0) is 18.8. The summed E-state index contributed by atoms with van der Waals surface area (Å²) >= 11 is -0.744. The highest BCUT2D eigenvalue weighted by molar-refractivity contribution is 7.91. The number of nitrogen functional groups attached to an aromatic ring is 1. The van der Waals surface area contributed by atoms with Gasteiger partial charge in [-0.3, -0.25) is 5.41 Å². The highest BCUT2D eigenvalue weighted by atomic mass is 32.2. The molecule has 6 nitrogen and oxygen atoms in total. The third-order valence-corrected chi connectivity index (χ3v) is 6.25. The highest BCUT2D eigenvalue weighted by Gasteiger charge is 2.24. The maximum atomic E-state index is 11.8. The molecule has 3 N–H and O–H groups in total. The molecule has 1 atom stereocenters. The molecule has 0 amide bonds. The van der Waals surface area contributed by atoms with Crippen LogP contribution in [0.15, 0.2) is 36.5 Å². The molecule has 2 fully saturated rings. The molecule has 1 aromatic heterocycles. The van der Waals surface area contributed by atoms with Crippen LogP contribution in [-0.2, 0) is 11.2 Å². The Hall–Kier alpha value is -2.25. The summed E-state index contributed by atoms with van der Waals surface area (Å²) < 4.78 is 17.6. The van der Waals surface area contributed by atoms with Gasteiger partial charge < -0.3 is 19.9 Å². The predicted octanol–water partition coefficient (Wildman–Crippen LogP) is 2.58. The summed E-state index contributed by atoms with van der Waals surface area (Å²) in [4.78, 5) is 6.62. The summed E-state index contributed by atoms with van der Waals surface area (Å²) in [6.07, 6.45) is 5.10. The lowest BCUT2D eigenvalue weighted by Crippen LogP contribution is -2.27. The Bertz CT molecular complexity index is 840. The van der Waals surface area contributed by atoms with E-state index in [9.17, 15) is 4.55 Å². The number of aromatic nitrogens is 1. The lowest BCUT2D eigenvalue weighted by Gasteiger charge is -2.21. The molecule has 7 heteroatoms. The number of pyridine rings is 1. The second-order valence-corrected chi connectivity index (χ2v) is 8.73. The van der Waals surface area contributed by atoms with Crippen LogP contribution in [0, 0.1) is 5.41 Å². The Labute approximate surface area is 162 Å². The van der Waals surface area contributed by atoms with Crippen LogP contribution in [0.25, 0.3) is 0 Å². The SMILES string of the molecule is N=C(c1ccnc(N2CCC[S+]([O-])CC2)c1)c1cc(OC2CC2)ccc1N. The molecule has 1 saturated heterocycles. The van der Waals surface area contributed by atoms with E-state index in [2.05, 4.69) is 9.88 Å². The van der Waals surface area contributed by atoms with Gasteiger partial charge >= 0.3 is 0 Å². The van der Waals surface area contributed by atoms with Gasteiger partial charge in [-0.15, -0.1) is 0 Å². The first-order chi connectivity index (χ1) is 13.1. The van der Waals surface area contributed by atoms with Crippen molar-refractivity contribution in [1.29, 1.82) is 5.41 Å². The highest BCUT2D eigenvalue weighted by Crippen LogP contribution is 2.30. The second kappa shape index (κ2) is 7.78.